The maximum atomic E-state index is 11.9. The largest absolute Gasteiger partial charge is 0.449 e. The van der Waals surface area contributed by atoms with Crippen LogP contribution in [-0.4, -0.2) is 29.7 Å². The third-order valence-corrected chi connectivity index (χ3v) is 3.00. The lowest BCUT2D eigenvalue weighted by atomic mass is 10.1. The third-order valence-electron chi connectivity index (χ3n) is 3.00. The number of hydrogen-bond donors (Lipinski definition) is 0. The van der Waals surface area contributed by atoms with E-state index in [1.54, 1.807) is 4.90 Å². The van der Waals surface area contributed by atoms with Crippen molar-refractivity contribution in [3.63, 3.8) is 0 Å². The van der Waals surface area contributed by atoms with Crippen molar-refractivity contribution in [1.29, 1.82) is 0 Å². The Hall–Kier alpha value is -1.51. The van der Waals surface area contributed by atoms with E-state index in [9.17, 15) is 4.79 Å². The summed E-state index contributed by atoms with van der Waals surface area (Å²) in [5.74, 6) is 0. The average Bonchev–Trinajstić information content (AvgIpc) is 2.35. The maximum absolute atomic E-state index is 11.9. The van der Waals surface area contributed by atoms with Gasteiger partial charge in [0.2, 0.25) is 0 Å². The van der Waals surface area contributed by atoms with Gasteiger partial charge >= 0.3 is 6.09 Å². The van der Waals surface area contributed by atoms with Crippen LogP contribution in [0.1, 0.15) is 39.7 Å². The van der Waals surface area contributed by atoms with E-state index in [1.165, 1.54) is 5.56 Å². The molecule has 3 nitrogen and oxygen atoms in total. The zero-order chi connectivity index (χ0) is 14.3. The molecule has 1 amide bonds. The number of aryl methyl sites for hydroxylation is 1. The zero-order valence-electron chi connectivity index (χ0n) is 12.4. The molecule has 0 unspecified atom stereocenters. The zero-order valence-corrected chi connectivity index (χ0v) is 12.4. The van der Waals surface area contributed by atoms with Crippen LogP contribution in [-0.2, 0) is 11.2 Å². The molecule has 3 heteroatoms. The number of ether oxygens (including phenoxy) is 1. The molecule has 1 aromatic carbocycles. The molecule has 0 N–H and O–H groups in total. The summed E-state index contributed by atoms with van der Waals surface area (Å²) in [6.07, 6.45) is 1.59. The molecule has 0 radical (unpaired) electrons. The Morgan fingerprint density at radius 3 is 2.21 bits per heavy atom. The van der Waals surface area contributed by atoms with Gasteiger partial charge in [-0.1, -0.05) is 30.3 Å². The first-order valence-corrected chi connectivity index (χ1v) is 7.01. The minimum Gasteiger partial charge on any atom is -0.449 e. The van der Waals surface area contributed by atoms with E-state index in [-0.39, 0.29) is 18.2 Å². The van der Waals surface area contributed by atoms with Crippen molar-refractivity contribution in [3.05, 3.63) is 35.9 Å². The van der Waals surface area contributed by atoms with Crippen LogP contribution < -0.4 is 0 Å². The summed E-state index contributed by atoms with van der Waals surface area (Å²) in [5.41, 5.74) is 1.28. The van der Waals surface area contributed by atoms with Gasteiger partial charge < -0.3 is 9.64 Å². The molecule has 0 spiro atoms. The third kappa shape index (κ3) is 5.33. The fourth-order valence-corrected chi connectivity index (χ4v) is 2.17. The summed E-state index contributed by atoms with van der Waals surface area (Å²) >= 11 is 0. The number of carbonyl (C=O) groups excluding carboxylic acids is 1. The molecule has 0 saturated heterocycles. The van der Waals surface area contributed by atoms with Crippen LogP contribution in [0, 0.1) is 0 Å². The van der Waals surface area contributed by atoms with Crippen LogP contribution in [0.15, 0.2) is 30.3 Å². The van der Waals surface area contributed by atoms with Gasteiger partial charge in [-0.25, -0.2) is 4.79 Å². The number of amides is 1. The predicted octanol–water partition coefficient (Wildman–Crippen LogP) is 3.87. The number of rotatable bonds is 6. The quantitative estimate of drug-likeness (QED) is 0.729. The number of benzene rings is 1. The molecule has 0 fully saturated rings. The molecule has 1 rings (SSSR count). The van der Waals surface area contributed by atoms with E-state index >= 15 is 0 Å². The molecule has 1 aromatic rings. The van der Waals surface area contributed by atoms with Gasteiger partial charge in [0, 0.05) is 12.1 Å². The molecule has 0 saturated carbocycles. The topological polar surface area (TPSA) is 29.5 Å². The highest BCUT2D eigenvalue weighted by molar-refractivity contribution is 5.68. The molecule has 0 heterocycles. The molecular formula is C16H25NO2. The van der Waals surface area contributed by atoms with Crippen LogP contribution in [0.25, 0.3) is 0 Å². The first kappa shape index (κ1) is 15.5. The Labute approximate surface area is 116 Å². The molecule has 0 aliphatic rings. The minimum absolute atomic E-state index is 0.168. The van der Waals surface area contributed by atoms with Crippen molar-refractivity contribution < 1.29 is 9.53 Å². The second kappa shape index (κ2) is 7.82. The Bertz CT molecular complexity index is 366. The SMILES string of the molecule is CC(C)N(C(=O)OCCCc1ccccc1)C(C)C. The fourth-order valence-electron chi connectivity index (χ4n) is 2.17. The van der Waals surface area contributed by atoms with Gasteiger partial charge in [0.05, 0.1) is 6.61 Å². The molecule has 0 bridgehead atoms. The summed E-state index contributed by atoms with van der Waals surface area (Å²) in [4.78, 5) is 13.7. The second-order valence-corrected chi connectivity index (χ2v) is 5.30. The summed E-state index contributed by atoms with van der Waals surface area (Å²) in [6, 6.07) is 10.6. The minimum atomic E-state index is -0.210. The second-order valence-electron chi connectivity index (χ2n) is 5.30. The van der Waals surface area contributed by atoms with Gasteiger partial charge in [-0.15, -0.1) is 0 Å². The van der Waals surface area contributed by atoms with Crippen molar-refractivity contribution in [1.82, 2.24) is 4.90 Å². The van der Waals surface area contributed by atoms with Crippen LogP contribution in [0.3, 0.4) is 0 Å². The standard InChI is InChI=1S/C16H25NO2/c1-13(2)17(14(3)4)16(18)19-12-8-11-15-9-6-5-7-10-15/h5-7,9-10,13-14H,8,11-12H2,1-4H3. The van der Waals surface area contributed by atoms with Crippen molar-refractivity contribution in [2.45, 2.75) is 52.6 Å². The van der Waals surface area contributed by atoms with Crippen molar-refractivity contribution in [2.24, 2.45) is 0 Å². The molecule has 19 heavy (non-hydrogen) atoms. The molecule has 106 valence electrons. The first-order chi connectivity index (χ1) is 9.02. The Kier molecular flexibility index (Phi) is 6.40. The first-order valence-electron chi connectivity index (χ1n) is 7.01. The van der Waals surface area contributed by atoms with E-state index in [0.29, 0.717) is 6.61 Å². The highest BCUT2D eigenvalue weighted by Gasteiger charge is 2.20. The average molecular weight is 263 g/mol. The number of hydrogen-bond acceptors (Lipinski definition) is 2. The van der Waals surface area contributed by atoms with E-state index in [2.05, 4.69) is 12.1 Å². The Morgan fingerprint density at radius 2 is 1.68 bits per heavy atom. The van der Waals surface area contributed by atoms with E-state index in [4.69, 9.17) is 4.74 Å². The van der Waals surface area contributed by atoms with Crippen LogP contribution in [0.2, 0.25) is 0 Å². The van der Waals surface area contributed by atoms with E-state index in [1.807, 2.05) is 45.9 Å². The van der Waals surface area contributed by atoms with Gasteiger partial charge in [0.25, 0.3) is 0 Å². The summed E-state index contributed by atoms with van der Waals surface area (Å²) in [6.45, 7) is 8.50. The fraction of sp³-hybridized carbons (Fsp3) is 0.562. The Morgan fingerprint density at radius 1 is 1.11 bits per heavy atom. The molecule has 0 aliphatic carbocycles. The lowest BCUT2D eigenvalue weighted by molar-refractivity contribution is 0.0784. The molecular weight excluding hydrogens is 238 g/mol. The highest BCUT2D eigenvalue weighted by Crippen LogP contribution is 2.08. The number of nitrogens with zero attached hydrogens (tertiary/aromatic N) is 1. The van der Waals surface area contributed by atoms with Crippen molar-refractivity contribution in [3.8, 4) is 0 Å². The van der Waals surface area contributed by atoms with Gasteiger partial charge in [0.15, 0.2) is 0 Å². The molecule has 0 aliphatic heterocycles. The predicted molar refractivity (Wildman–Crippen MR) is 78.2 cm³/mol. The highest BCUT2D eigenvalue weighted by atomic mass is 16.6. The summed E-state index contributed by atoms with van der Waals surface area (Å²) in [7, 11) is 0. The van der Waals surface area contributed by atoms with Crippen LogP contribution in [0.5, 0.6) is 0 Å². The smallest absolute Gasteiger partial charge is 0.410 e. The lowest BCUT2D eigenvalue weighted by Crippen LogP contribution is -2.42. The molecule has 0 atom stereocenters. The van der Waals surface area contributed by atoms with Crippen molar-refractivity contribution in [2.75, 3.05) is 6.61 Å². The summed E-state index contributed by atoms with van der Waals surface area (Å²) in [5, 5.41) is 0. The summed E-state index contributed by atoms with van der Waals surface area (Å²) < 4.78 is 5.34. The van der Waals surface area contributed by atoms with Gasteiger partial charge in [-0.3, -0.25) is 0 Å². The monoisotopic (exact) mass is 263 g/mol. The Balaban J connectivity index is 2.30. The normalized spacial score (nSPS) is 10.8. The molecule has 0 aromatic heterocycles. The van der Waals surface area contributed by atoms with Crippen molar-refractivity contribution >= 4 is 6.09 Å². The van der Waals surface area contributed by atoms with Crippen LogP contribution >= 0.6 is 0 Å². The van der Waals surface area contributed by atoms with E-state index < -0.39 is 0 Å². The lowest BCUT2D eigenvalue weighted by Gasteiger charge is -2.29. The van der Waals surface area contributed by atoms with Crippen LogP contribution in [0.4, 0.5) is 4.79 Å². The maximum Gasteiger partial charge on any atom is 0.410 e. The van der Waals surface area contributed by atoms with Gasteiger partial charge in [-0.05, 0) is 46.1 Å². The van der Waals surface area contributed by atoms with Gasteiger partial charge in [-0.2, -0.15) is 0 Å². The van der Waals surface area contributed by atoms with E-state index in [0.717, 1.165) is 12.8 Å². The number of carbonyl (C=O) groups is 1. The van der Waals surface area contributed by atoms with Gasteiger partial charge in [0.1, 0.15) is 0 Å².